The first-order valence-electron chi connectivity index (χ1n) is 10.2. The van der Waals surface area contributed by atoms with Crippen LogP contribution in [0.2, 0.25) is 0 Å². The van der Waals surface area contributed by atoms with Crippen molar-refractivity contribution < 1.29 is 15.0 Å². The third-order valence-electron chi connectivity index (χ3n) is 9.22. The summed E-state index contributed by atoms with van der Waals surface area (Å²) in [7, 11) is 0. The summed E-state index contributed by atoms with van der Waals surface area (Å²) in [4.78, 5) is 12.5. The summed E-state index contributed by atoms with van der Waals surface area (Å²) in [6.45, 7) is 6.34. The minimum atomic E-state index is -0.461. The highest BCUT2D eigenvalue weighted by molar-refractivity contribution is 9.10. The Kier molecular flexibility index (Phi) is 4.26. The molecule has 0 heterocycles. The molecule has 25 heavy (non-hydrogen) atoms. The van der Waals surface area contributed by atoms with Crippen molar-refractivity contribution in [1.29, 1.82) is 0 Å². The maximum absolute atomic E-state index is 12.5. The number of hydrogen-bond acceptors (Lipinski definition) is 3. The van der Waals surface area contributed by atoms with Gasteiger partial charge in [-0.05, 0) is 92.8 Å². The summed E-state index contributed by atoms with van der Waals surface area (Å²) in [5, 5.41) is 21.4. The second kappa shape index (κ2) is 5.78. The van der Waals surface area contributed by atoms with E-state index < -0.39 is 4.32 Å². The molecule has 0 amide bonds. The SMILES string of the molecule is CC(=O)[C@@]1(Br)CC[C@H]2[C@@H]3CCC4CC(O)CC[C@]4(C)[C@H]3C(O)C[C@@]21C. The lowest BCUT2D eigenvalue weighted by Crippen LogP contribution is -2.61. The lowest BCUT2D eigenvalue weighted by molar-refractivity contribution is -0.175. The molecule has 0 bridgehead atoms. The van der Waals surface area contributed by atoms with E-state index in [9.17, 15) is 15.0 Å². The number of fused-ring (bicyclic) bond motifs is 5. The molecule has 0 spiro atoms. The van der Waals surface area contributed by atoms with Crippen LogP contribution < -0.4 is 0 Å². The van der Waals surface area contributed by atoms with Crippen LogP contribution in [0.25, 0.3) is 0 Å². The van der Waals surface area contributed by atoms with Crippen molar-refractivity contribution in [3.05, 3.63) is 0 Å². The highest BCUT2D eigenvalue weighted by Crippen LogP contribution is 2.69. The Morgan fingerprint density at radius 3 is 2.48 bits per heavy atom. The van der Waals surface area contributed by atoms with Crippen LogP contribution in [0.5, 0.6) is 0 Å². The van der Waals surface area contributed by atoms with E-state index in [4.69, 9.17) is 0 Å². The zero-order chi connectivity index (χ0) is 18.2. The number of aliphatic hydroxyl groups is 2. The number of Topliss-reactive ketones (excluding diaryl/α,β-unsaturated/α-hetero) is 1. The molecule has 0 aromatic rings. The molecular formula is C21H33BrO3. The van der Waals surface area contributed by atoms with E-state index in [1.807, 2.05) is 0 Å². The van der Waals surface area contributed by atoms with E-state index in [2.05, 4.69) is 29.8 Å². The van der Waals surface area contributed by atoms with E-state index in [-0.39, 0.29) is 28.8 Å². The number of ketones is 1. The Balaban J connectivity index is 1.70. The Morgan fingerprint density at radius 1 is 1.08 bits per heavy atom. The second-order valence-corrected chi connectivity index (χ2v) is 11.4. The molecule has 4 rings (SSSR count). The number of rotatable bonds is 1. The number of aliphatic hydroxyl groups excluding tert-OH is 2. The van der Waals surface area contributed by atoms with Crippen molar-refractivity contribution in [2.75, 3.05) is 0 Å². The molecule has 4 saturated carbocycles. The predicted molar refractivity (Wildman–Crippen MR) is 101 cm³/mol. The van der Waals surface area contributed by atoms with Gasteiger partial charge in [-0.3, -0.25) is 4.79 Å². The summed E-state index contributed by atoms with van der Waals surface area (Å²) >= 11 is 3.85. The van der Waals surface area contributed by atoms with Gasteiger partial charge in [0.2, 0.25) is 0 Å². The summed E-state index contributed by atoms with van der Waals surface area (Å²) < 4.78 is -0.461. The van der Waals surface area contributed by atoms with Crippen LogP contribution in [-0.2, 0) is 4.79 Å². The van der Waals surface area contributed by atoms with Gasteiger partial charge in [-0.1, -0.05) is 29.8 Å². The van der Waals surface area contributed by atoms with Crippen LogP contribution in [0, 0.1) is 34.5 Å². The summed E-state index contributed by atoms with van der Waals surface area (Å²) in [6, 6.07) is 0. The number of alkyl halides is 1. The zero-order valence-electron chi connectivity index (χ0n) is 15.8. The molecule has 0 aromatic carbocycles. The Morgan fingerprint density at radius 2 is 1.80 bits per heavy atom. The summed E-state index contributed by atoms with van der Waals surface area (Å²) in [5.41, 5.74) is 0.00741. The number of carbonyl (C=O) groups excluding carboxylic acids is 1. The van der Waals surface area contributed by atoms with E-state index in [1.165, 1.54) is 6.42 Å². The van der Waals surface area contributed by atoms with Crippen LogP contribution in [0.15, 0.2) is 0 Å². The Labute approximate surface area is 160 Å². The molecule has 0 saturated heterocycles. The average Bonchev–Trinajstić information content (AvgIpc) is 2.80. The van der Waals surface area contributed by atoms with Crippen LogP contribution in [0.3, 0.4) is 0 Å². The first-order chi connectivity index (χ1) is 11.6. The van der Waals surface area contributed by atoms with Crippen LogP contribution in [0.1, 0.15) is 72.1 Å². The number of hydrogen-bond donors (Lipinski definition) is 2. The standard InChI is InChI=1S/C21H33BrO3/c1-12(23)21(22)9-7-16-15-5-4-13-10-14(24)6-8-19(13,2)18(15)17(25)11-20(16,21)3/h13-18,24-25H,4-11H2,1-3H3/t13?,14?,15-,16-,17?,18+,19-,20-,21-/m0/s1. The molecule has 2 N–H and O–H groups in total. The number of halogens is 1. The van der Waals surface area contributed by atoms with Gasteiger partial charge in [-0.2, -0.15) is 0 Å². The molecule has 4 heteroatoms. The smallest absolute Gasteiger partial charge is 0.147 e. The van der Waals surface area contributed by atoms with Crippen LogP contribution >= 0.6 is 15.9 Å². The number of carbonyl (C=O) groups is 1. The first kappa shape index (κ1) is 18.4. The largest absolute Gasteiger partial charge is 0.393 e. The van der Waals surface area contributed by atoms with E-state index >= 15 is 0 Å². The van der Waals surface area contributed by atoms with Crippen molar-refractivity contribution in [3.63, 3.8) is 0 Å². The molecule has 0 aromatic heterocycles. The first-order valence-corrected chi connectivity index (χ1v) is 11.0. The van der Waals surface area contributed by atoms with Gasteiger partial charge < -0.3 is 10.2 Å². The normalized spacial score (nSPS) is 58.2. The minimum absolute atomic E-state index is 0.142. The van der Waals surface area contributed by atoms with Crippen molar-refractivity contribution in [2.24, 2.45) is 34.5 Å². The van der Waals surface area contributed by atoms with E-state index in [1.54, 1.807) is 6.92 Å². The fourth-order valence-electron chi connectivity index (χ4n) is 7.91. The third kappa shape index (κ3) is 2.32. The van der Waals surface area contributed by atoms with Gasteiger partial charge in [-0.15, -0.1) is 0 Å². The molecule has 3 unspecified atom stereocenters. The zero-order valence-corrected chi connectivity index (χ0v) is 17.4. The van der Waals surface area contributed by atoms with Crippen molar-refractivity contribution in [2.45, 2.75) is 88.7 Å². The fraction of sp³-hybridized carbons (Fsp3) is 0.952. The van der Waals surface area contributed by atoms with Gasteiger partial charge in [0.15, 0.2) is 0 Å². The quantitative estimate of drug-likeness (QED) is 0.637. The Hall–Kier alpha value is 0.0700. The molecule has 142 valence electrons. The molecule has 4 aliphatic carbocycles. The van der Waals surface area contributed by atoms with Crippen LogP contribution in [-0.4, -0.2) is 32.5 Å². The van der Waals surface area contributed by atoms with Crippen molar-refractivity contribution in [1.82, 2.24) is 0 Å². The molecular weight excluding hydrogens is 380 g/mol. The van der Waals surface area contributed by atoms with Crippen molar-refractivity contribution >= 4 is 21.7 Å². The molecule has 3 nitrogen and oxygen atoms in total. The highest BCUT2D eigenvalue weighted by atomic mass is 79.9. The summed E-state index contributed by atoms with van der Waals surface area (Å²) in [5.74, 6) is 2.14. The fourth-order valence-corrected chi connectivity index (χ4v) is 8.60. The van der Waals surface area contributed by atoms with Crippen LogP contribution in [0.4, 0.5) is 0 Å². The second-order valence-electron chi connectivity index (χ2n) is 10.1. The molecule has 4 fully saturated rings. The molecule has 4 aliphatic rings. The van der Waals surface area contributed by atoms with Gasteiger partial charge in [0.25, 0.3) is 0 Å². The van der Waals surface area contributed by atoms with Crippen molar-refractivity contribution in [3.8, 4) is 0 Å². The molecule has 0 radical (unpaired) electrons. The third-order valence-corrected chi connectivity index (χ3v) is 11.1. The molecule has 9 atom stereocenters. The maximum atomic E-state index is 12.5. The molecule has 0 aliphatic heterocycles. The van der Waals surface area contributed by atoms with E-state index in [0.717, 1.165) is 44.9 Å². The topological polar surface area (TPSA) is 57.5 Å². The lowest BCUT2D eigenvalue weighted by atomic mass is 9.44. The monoisotopic (exact) mass is 412 g/mol. The average molecular weight is 413 g/mol. The van der Waals surface area contributed by atoms with Gasteiger partial charge in [0.1, 0.15) is 5.78 Å². The van der Waals surface area contributed by atoms with Gasteiger partial charge >= 0.3 is 0 Å². The highest BCUT2D eigenvalue weighted by Gasteiger charge is 2.67. The lowest BCUT2D eigenvalue weighted by Gasteiger charge is -2.63. The predicted octanol–water partition coefficient (Wildman–Crippen LogP) is 4.08. The maximum Gasteiger partial charge on any atom is 0.147 e. The minimum Gasteiger partial charge on any atom is -0.393 e. The van der Waals surface area contributed by atoms with Gasteiger partial charge in [-0.25, -0.2) is 0 Å². The summed E-state index contributed by atoms with van der Waals surface area (Å²) in [6.07, 6.45) is 7.38. The van der Waals surface area contributed by atoms with E-state index in [0.29, 0.717) is 23.7 Å². The van der Waals surface area contributed by atoms with Gasteiger partial charge in [0.05, 0.1) is 16.5 Å². The Bertz CT molecular complexity index is 579. The van der Waals surface area contributed by atoms with Gasteiger partial charge in [0, 0.05) is 0 Å².